The monoisotopic (exact) mass is 291 g/mol. The van der Waals surface area contributed by atoms with Crippen LogP contribution < -0.4 is 5.73 Å². The van der Waals surface area contributed by atoms with Gasteiger partial charge in [0.2, 0.25) is 5.91 Å². The lowest BCUT2D eigenvalue weighted by atomic mass is 9.86. The zero-order valence-corrected chi connectivity index (χ0v) is 12.1. The van der Waals surface area contributed by atoms with Crippen LogP contribution in [0.25, 0.3) is 0 Å². The summed E-state index contributed by atoms with van der Waals surface area (Å²) in [6.45, 7) is 1.63. The van der Waals surface area contributed by atoms with Crippen LogP contribution in [0.4, 0.5) is 0 Å². The van der Waals surface area contributed by atoms with Crippen LogP contribution in [-0.4, -0.2) is 44.8 Å². The highest BCUT2D eigenvalue weighted by Gasteiger charge is 2.28. The third-order valence-electron chi connectivity index (χ3n) is 4.60. The van der Waals surface area contributed by atoms with Crippen LogP contribution in [-0.2, 0) is 4.79 Å². The topological polar surface area (TPSA) is 94.1 Å². The lowest BCUT2D eigenvalue weighted by Gasteiger charge is -2.26. The molecule has 7 nitrogen and oxygen atoms in total. The number of carbonyl (C=O) groups is 2. The standard InChI is InChI=1S/C14H21N5O2/c15-13(20)10-3-5-11(6-4-10)19-9-12(16-17-19)14(21)18-7-1-2-8-18/h9-11H,1-8H2,(H2,15,20)/t10-,11+. The molecule has 2 fully saturated rings. The zero-order valence-electron chi connectivity index (χ0n) is 12.1. The molecule has 2 heterocycles. The van der Waals surface area contributed by atoms with E-state index in [4.69, 9.17) is 5.73 Å². The largest absolute Gasteiger partial charge is 0.369 e. The Balaban J connectivity index is 1.63. The van der Waals surface area contributed by atoms with E-state index in [2.05, 4.69) is 10.3 Å². The fourth-order valence-electron chi connectivity index (χ4n) is 3.26. The molecular weight excluding hydrogens is 270 g/mol. The highest BCUT2D eigenvalue weighted by molar-refractivity contribution is 5.92. The molecule has 1 aromatic heterocycles. The van der Waals surface area contributed by atoms with Crippen molar-refractivity contribution in [3.05, 3.63) is 11.9 Å². The maximum absolute atomic E-state index is 12.2. The van der Waals surface area contributed by atoms with Gasteiger partial charge in [0, 0.05) is 19.0 Å². The Hall–Kier alpha value is -1.92. The Morgan fingerprint density at radius 3 is 2.43 bits per heavy atom. The van der Waals surface area contributed by atoms with Crippen LogP contribution in [0.15, 0.2) is 6.20 Å². The second-order valence-corrected chi connectivity index (χ2v) is 5.99. The highest BCUT2D eigenvalue weighted by Crippen LogP contribution is 2.31. The van der Waals surface area contributed by atoms with Crippen LogP contribution in [0.1, 0.15) is 55.1 Å². The van der Waals surface area contributed by atoms with Crippen LogP contribution in [0.2, 0.25) is 0 Å². The maximum atomic E-state index is 12.2. The van der Waals surface area contributed by atoms with Gasteiger partial charge in [0.15, 0.2) is 5.69 Å². The van der Waals surface area contributed by atoms with Gasteiger partial charge >= 0.3 is 0 Å². The molecule has 0 atom stereocenters. The molecule has 0 bridgehead atoms. The molecule has 1 aliphatic heterocycles. The van der Waals surface area contributed by atoms with E-state index < -0.39 is 0 Å². The Labute approximate surface area is 123 Å². The summed E-state index contributed by atoms with van der Waals surface area (Å²) in [5.41, 5.74) is 5.77. The molecule has 1 aliphatic carbocycles. The molecule has 0 spiro atoms. The first-order valence-corrected chi connectivity index (χ1v) is 7.65. The Morgan fingerprint density at radius 1 is 1.14 bits per heavy atom. The van der Waals surface area contributed by atoms with Crippen LogP contribution >= 0.6 is 0 Å². The summed E-state index contributed by atoms with van der Waals surface area (Å²) in [6, 6.07) is 0.216. The highest BCUT2D eigenvalue weighted by atomic mass is 16.2. The van der Waals surface area contributed by atoms with E-state index in [9.17, 15) is 9.59 Å². The van der Waals surface area contributed by atoms with Crippen LogP contribution in [0.5, 0.6) is 0 Å². The molecule has 0 radical (unpaired) electrons. The average molecular weight is 291 g/mol. The van der Waals surface area contributed by atoms with Gasteiger partial charge in [0.1, 0.15) is 0 Å². The van der Waals surface area contributed by atoms with Gasteiger partial charge in [0.25, 0.3) is 5.91 Å². The third-order valence-corrected chi connectivity index (χ3v) is 4.60. The van der Waals surface area contributed by atoms with Crippen molar-refractivity contribution >= 4 is 11.8 Å². The molecule has 7 heteroatoms. The van der Waals surface area contributed by atoms with E-state index in [0.29, 0.717) is 5.69 Å². The molecule has 1 saturated carbocycles. The Kier molecular flexibility index (Phi) is 3.90. The normalized spacial score (nSPS) is 26.0. The smallest absolute Gasteiger partial charge is 0.276 e. The van der Waals surface area contributed by atoms with E-state index >= 15 is 0 Å². The average Bonchev–Trinajstić information content (AvgIpc) is 3.18. The minimum atomic E-state index is -0.211. The van der Waals surface area contributed by atoms with Gasteiger partial charge in [-0.3, -0.25) is 9.59 Å². The molecule has 3 rings (SSSR count). The maximum Gasteiger partial charge on any atom is 0.276 e. The number of hydrogen-bond donors (Lipinski definition) is 1. The number of likely N-dealkylation sites (tertiary alicyclic amines) is 1. The summed E-state index contributed by atoms with van der Waals surface area (Å²) in [5, 5.41) is 8.13. The van der Waals surface area contributed by atoms with Crippen LogP contribution in [0.3, 0.4) is 0 Å². The summed E-state index contributed by atoms with van der Waals surface area (Å²) in [7, 11) is 0. The van der Waals surface area contributed by atoms with Crippen molar-refractivity contribution in [3.63, 3.8) is 0 Å². The van der Waals surface area contributed by atoms with E-state index in [1.807, 2.05) is 4.90 Å². The first-order valence-electron chi connectivity index (χ1n) is 7.65. The van der Waals surface area contributed by atoms with Gasteiger partial charge in [0.05, 0.1) is 12.2 Å². The van der Waals surface area contributed by atoms with E-state index in [1.165, 1.54) is 0 Å². The molecule has 1 aromatic rings. The van der Waals surface area contributed by atoms with Gasteiger partial charge in [-0.2, -0.15) is 0 Å². The van der Waals surface area contributed by atoms with E-state index in [1.54, 1.807) is 10.9 Å². The van der Waals surface area contributed by atoms with Gasteiger partial charge in [-0.05, 0) is 38.5 Å². The number of primary amides is 1. The SMILES string of the molecule is NC(=O)[C@H]1CC[C@@H](n2cc(C(=O)N3CCCC3)nn2)CC1. The predicted molar refractivity (Wildman–Crippen MR) is 75.3 cm³/mol. The summed E-state index contributed by atoms with van der Waals surface area (Å²) in [5.74, 6) is -0.253. The second kappa shape index (κ2) is 5.83. The minimum absolute atomic E-state index is 0.0181. The molecule has 1 saturated heterocycles. The molecule has 2 aliphatic rings. The van der Waals surface area contributed by atoms with Crippen molar-refractivity contribution < 1.29 is 9.59 Å². The van der Waals surface area contributed by atoms with E-state index in [0.717, 1.165) is 51.6 Å². The van der Waals surface area contributed by atoms with Crippen molar-refractivity contribution in [3.8, 4) is 0 Å². The van der Waals surface area contributed by atoms with Crippen molar-refractivity contribution in [1.29, 1.82) is 0 Å². The minimum Gasteiger partial charge on any atom is -0.369 e. The molecule has 114 valence electrons. The quantitative estimate of drug-likeness (QED) is 0.888. The zero-order chi connectivity index (χ0) is 14.8. The number of aromatic nitrogens is 3. The van der Waals surface area contributed by atoms with Crippen molar-refractivity contribution in [2.24, 2.45) is 11.7 Å². The lowest BCUT2D eigenvalue weighted by molar-refractivity contribution is -0.122. The van der Waals surface area contributed by atoms with Crippen molar-refractivity contribution in [2.45, 2.75) is 44.6 Å². The molecule has 2 N–H and O–H groups in total. The van der Waals surface area contributed by atoms with Gasteiger partial charge in [-0.1, -0.05) is 5.21 Å². The number of rotatable bonds is 3. The lowest BCUT2D eigenvalue weighted by Crippen LogP contribution is -2.29. The summed E-state index contributed by atoms with van der Waals surface area (Å²) < 4.78 is 1.78. The number of nitrogens with zero attached hydrogens (tertiary/aromatic N) is 4. The predicted octanol–water partition coefficient (Wildman–Crippen LogP) is 0.731. The molecule has 2 amide bonds. The van der Waals surface area contributed by atoms with Gasteiger partial charge in [-0.15, -0.1) is 5.10 Å². The Morgan fingerprint density at radius 2 is 1.81 bits per heavy atom. The van der Waals surface area contributed by atoms with Crippen molar-refractivity contribution in [1.82, 2.24) is 19.9 Å². The fraction of sp³-hybridized carbons (Fsp3) is 0.714. The summed E-state index contributed by atoms with van der Waals surface area (Å²) in [6.07, 6.45) is 7.16. The molecule has 0 unspecified atom stereocenters. The summed E-state index contributed by atoms with van der Waals surface area (Å²) >= 11 is 0. The first kappa shape index (κ1) is 14.0. The third kappa shape index (κ3) is 2.91. The summed E-state index contributed by atoms with van der Waals surface area (Å²) in [4.78, 5) is 25.2. The molecular formula is C14H21N5O2. The van der Waals surface area contributed by atoms with E-state index in [-0.39, 0.29) is 23.8 Å². The first-order chi connectivity index (χ1) is 10.1. The molecule has 0 aromatic carbocycles. The Bertz CT molecular complexity index is 527. The van der Waals surface area contributed by atoms with Gasteiger partial charge in [-0.25, -0.2) is 4.68 Å². The molecule has 21 heavy (non-hydrogen) atoms. The number of hydrogen-bond acceptors (Lipinski definition) is 4. The number of carbonyl (C=O) groups excluding carboxylic acids is 2. The second-order valence-electron chi connectivity index (χ2n) is 5.99. The number of amides is 2. The van der Waals surface area contributed by atoms with Gasteiger partial charge < -0.3 is 10.6 Å². The fourth-order valence-corrected chi connectivity index (χ4v) is 3.26. The number of nitrogens with two attached hydrogens (primary N) is 1. The van der Waals surface area contributed by atoms with Crippen molar-refractivity contribution in [2.75, 3.05) is 13.1 Å². The van der Waals surface area contributed by atoms with Crippen LogP contribution in [0, 0.1) is 5.92 Å².